The average molecular weight is 373 g/mol. The molecule has 0 saturated carbocycles. The first-order valence-corrected chi connectivity index (χ1v) is 8.59. The Hall–Kier alpha value is -2.60. The molecule has 3 rings (SSSR count). The molecule has 26 heavy (non-hydrogen) atoms. The van der Waals surface area contributed by atoms with Gasteiger partial charge in [0.2, 0.25) is 11.8 Å². The second-order valence-electron chi connectivity index (χ2n) is 7.16. The van der Waals surface area contributed by atoms with Gasteiger partial charge in [0, 0.05) is 22.7 Å². The maximum Gasteiger partial charge on any atom is 0.231 e. The fourth-order valence-corrected chi connectivity index (χ4v) is 2.73. The number of halogens is 1. The Morgan fingerprint density at radius 1 is 1.27 bits per heavy atom. The second-order valence-corrected chi connectivity index (χ2v) is 7.56. The second kappa shape index (κ2) is 6.61. The molecule has 1 aromatic carbocycles. The maximum absolute atomic E-state index is 12.3. The van der Waals surface area contributed by atoms with Crippen molar-refractivity contribution in [2.45, 2.75) is 27.7 Å². The summed E-state index contributed by atoms with van der Waals surface area (Å²) in [5.74, 6) is 0.435. The van der Waals surface area contributed by atoms with Crippen LogP contribution < -0.4 is 10.1 Å². The Morgan fingerprint density at radius 3 is 2.65 bits per heavy atom. The zero-order chi connectivity index (χ0) is 19.1. The normalized spacial score (nSPS) is 11.6. The fraction of sp³-hybridized carbons (Fsp3) is 0.316. The predicted molar refractivity (Wildman–Crippen MR) is 103 cm³/mol. The van der Waals surface area contributed by atoms with E-state index >= 15 is 0 Å². The van der Waals surface area contributed by atoms with Crippen LogP contribution in [0, 0.1) is 12.3 Å². The van der Waals surface area contributed by atoms with E-state index in [1.165, 1.54) is 0 Å². The number of carbonyl (C=O) groups excluding carboxylic acids is 1. The molecule has 1 amide bonds. The van der Waals surface area contributed by atoms with Crippen LogP contribution in [0.4, 0.5) is 5.69 Å². The van der Waals surface area contributed by atoms with Crippen LogP contribution >= 0.6 is 11.6 Å². The molecule has 0 aliphatic rings. The van der Waals surface area contributed by atoms with E-state index < -0.39 is 5.41 Å². The van der Waals surface area contributed by atoms with Gasteiger partial charge in [-0.2, -0.15) is 0 Å². The van der Waals surface area contributed by atoms with Gasteiger partial charge in [0.25, 0.3) is 0 Å². The van der Waals surface area contributed by atoms with E-state index in [4.69, 9.17) is 16.3 Å². The van der Waals surface area contributed by atoms with Crippen LogP contribution in [0.5, 0.6) is 5.88 Å². The molecule has 0 unspecified atom stereocenters. The molecule has 0 saturated heterocycles. The van der Waals surface area contributed by atoms with Gasteiger partial charge in [0.1, 0.15) is 0 Å². The lowest BCUT2D eigenvalue weighted by Gasteiger charge is -2.19. The van der Waals surface area contributed by atoms with Crippen molar-refractivity contribution in [2.75, 3.05) is 12.4 Å². The van der Waals surface area contributed by atoms with E-state index in [0.29, 0.717) is 27.9 Å². The smallest absolute Gasteiger partial charge is 0.231 e. The van der Waals surface area contributed by atoms with E-state index in [9.17, 15) is 4.79 Å². The van der Waals surface area contributed by atoms with Gasteiger partial charge in [-0.1, -0.05) is 32.4 Å². The first-order chi connectivity index (χ1) is 12.2. The quantitative estimate of drug-likeness (QED) is 0.742. The third kappa shape index (κ3) is 3.51. The zero-order valence-electron chi connectivity index (χ0n) is 15.4. The molecule has 2 heterocycles. The number of ether oxygens (including phenoxy) is 1. The summed E-state index contributed by atoms with van der Waals surface area (Å²) in [4.78, 5) is 16.9. The Kier molecular flexibility index (Phi) is 4.63. The summed E-state index contributed by atoms with van der Waals surface area (Å²) in [6.07, 6.45) is 1.78. The molecule has 7 heteroatoms. The number of hydrogen-bond acceptors (Lipinski definition) is 4. The largest absolute Gasteiger partial charge is 0.480 e. The van der Waals surface area contributed by atoms with E-state index in [0.717, 1.165) is 11.1 Å². The Bertz CT molecular complexity index is 989. The number of fused-ring (bicyclic) bond motifs is 1. The number of rotatable bonds is 3. The van der Waals surface area contributed by atoms with Crippen molar-refractivity contribution in [1.82, 2.24) is 14.6 Å². The van der Waals surface area contributed by atoms with Gasteiger partial charge in [-0.3, -0.25) is 4.79 Å². The molecule has 0 aliphatic heterocycles. The maximum atomic E-state index is 12.3. The molecule has 1 N–H and O–H groups in total. The number of aryl methyl sites for hydroxylation is 1. The molecule has 0 atom stereocenters. The molecule has 0 aliphatic carbocycles. The first kappa shape index (κ1) is 18.2. The van der Waals surface area contributed by atoms with Crippen molar-refractivity contribution in [3.63, 3.8) is 0 Å². The predicted octanol–water partition coefficient (Wildman–Crippen LogP) is 4.35. The molecule has 3 aromatic rings. The number of methoxy groups -OCH3 is 1. The van der Waals surface area contributed by atoms with Crippen molar-refractivity contribution < 1.29 is 9.53 Å². The number of benzene rings is 1. The van der Waals surface area contributed by atoms with Crippen LogP contribution in [0.1, 0.15) is 26.3 Å². The Balaban J connectivity index is 2.05. The molecule has 0 fully saturated rings. The molecule has 6 nitrogen and oxygen atoms in total. The van der Waals surface area contributed by atoms with Crippen molar-refractivity contribution in [3.05, 3.63) is 41.0 Å². The highest BCUT2D eigenvalue weighted by atomic mass is 35.5. The number of nitrogens with one attached hydrogen (secondary N) is 1. The van der Waals surface area contributed by atoms with Crippen molar-refractivity contribution in [2.24, 2.45) is 5.41 Å². The first-order valence-electron chi connectivity index (χ1n) is 8.21. The van der Waals surface area contributed by atoms with Gasteiger partial charge in [0.05, 0.1) is 24.0 Å². The SMILES string of the molecule is COc1ccc2nc(-c3cc(NC(=O)C(C)(C)C)c(C)cc3Cl)cn2n1. The Morgan fingerprint density at radius 2 is 2.00 bits per heavy atom. The molecule has 136 valence electrons. The number of carbonyl (C=O) groups is 1. The minimum Gasteiger partial charge on any atom is -0.480 e. The van der Waals surface area contributed by atoms with Crippen molar-refractivity contribution in [1.29, 1.82) is 0 Å². The lowest BCUT2D eigenvalue weighted by atomic mass is 9.95. The van der Waals surface area contributed by atoms with Gasteiger partial charge in [-0.05, 0) is 30.7 Å². The Labute approximate surface area is 157 Å². The number of hydrogen-bond donors (Lipinski definition) is 1. The number of imidazole rings is 1. The summed E-state index contributed by atoms with van der Waals surface area (Å²) >= 11 is 6.44. The van der Waals surface area contributed by atoms with Gasteiger partial charge in [0.15, 0.2) is 5.65 Å². The minimum atomic E-state index is -0.490. The third-order valence-electron chi connectivity index (χ3n) is 4.02. The molecule has 2 aromatic heterocycles. The van der Waals surface area contributed by atoms with Crippen LogP contribution in [-0.4, -0.2) is 27.6 Å². The van der Waals surface area contributed by atoms with Gasteiger partial charge < -0.3 is 10.1 Å². The van der Waals surface area contributed by atoms with Gasteiger partial charge in [-0.15, -0.1) is 5.10 Å². The standard InChI is InChI=1S/C19H21ClN4O2/c1-11-8-13(20)12(9-14(11)22-18(25)19(2,3)4)15-10-24-16(21-15)6-7-17(23-24)26-5/h6-10H,1-5H3,(H,22,25). The average Bonchev–Trinajstić information content (AvgIpc) is 2.98. The topological polar surface area (TPSA) is 68.5 Å². The number of nitrogens with zero attached hydrogens (tertiary/aromatic N) is 3. The highest BCUT2D eigenvalue weighted by Gasteiger charge is 2.22. The van der Waals surface area contributed by atoms with Gasteiger partial charge >= 0.3 is 0 Å². The fourth-order valence-electron chi connectivity index (χ4n) is 2.42. The molecular weight excluding hydrogens is 352 g/mol. The van der Waals surface area contributed by atoms with Crippen molar-refractivity contribution >= 4 is 28.8 Å². The summed E-state index contributed by atoms with van der Waals surface area (Å²) in [6, 6.07) is 7.24. The lowest BCUT2D eigenvalue weighted by Crippen LogP contribution is -2.27. The molecule has 0 bridgehead atoms. The van der Waals surface area contributed by atoms with E-state index in [1.54, 1.807) is 23.9 Å². The number of anilines is 1. The van der Waals surface area contributed by atoms with Crippen LogP contribution in [0.3, 0.4) is 0 Å². The summed E-state index contributed by atoms with van der Waals surface area (Å²) < 4.78 is 6.77. The minimum absolute atomic E-state index is 0.0599. The number of amides is 1. The van der Waals surface area contributed by atoms with Crippen molar-refractivity contribution in [3.8, 4) is 17.1 Å². The third-order valence-corrected chi connectivity index (χ3v) is 4.34. The van der Waals surface area contributed by atoms with E-state index in [1.807, 2.05) is 45.9 Å². The summed E-state index contributed by atoms with van der Waals surface area (Å²) in [5, 5.41) is 7.84. The van der Waals surface area contributed by atoms with E-state index in [2.05, 4.69) is 15.4 Å². The lowest BCUT2D eigenvalue weighted by molar-refractivity contribution is -0.123. The number of aromatic nitrogens is 3. The van der Waals surface area contributed by atoms with Crippen LogP contribution in [-0.2, 0) is 4.79 Å². The van der Waals surface area contributed by atoms with Crippen LogP contribution in [0.25, 0.3) is 16.9 Å². The highest BCUT2D eigenvalue weighted by Crippen LogP contribution is 2.33. The molecule has 0 radical (unpaired) electrons. The van der Waals surface area contributed by atoms with Crippen LogP contribution in [0.2, 0.25) is 5.02 Å². The van der Waals surface area contributed by atoms with E-state index in [-0.39, 0.29) is 5.91 Å². The summed E-state index contributed by atoms with van der Waals surface area (Å²) in [7, 11) is 1.56. The molecular formula is C19H21ClN4O2. The summed E-state index contributed by atoms with van der Waals surface area (Å²) in [6.45, 7) is 7.52. The highest BCUT2D eigenvalue weighted by molar-refractivity contribution is 6.33. The monoisotopic (exact) mass is 372 g/mol. The summed E-state index contributed by atoms with van der Waals surface area (Å²) in [5.41, 5.74) is 3.19. The molecule has 0 spiro atoms. The van der Waals surface area contributed by atoms with Crippen LogP contribution in [0.15, 0.2) is 30.5 Å². The van der Waals surface area contributed by atoms with Gasteiger partial charge in [-0.25, -0.2) is 9.50 Å². The zero-order valence-corrected chi connectivity index (χ0v) is 16.2.